The van der Waals surface area contributed by atoms with Crippen molar-refractivity contribution >= 4 is 11.6 Å². The summed E-state index contributed by atoms with van der Waals surface area (Å²) in [4.78, 5) is 14.8. The van der Waals surface area contributed by atoms with Crippen LogP contribution in [0.5, 0.6) is 0 Å². The monoisotopic (exact) mass is 326 g/mol. The van der Waals surface area contributed by atoms with Crippen LogP contribution in [-0.4, -0.2) is 17.4 Å². The predicted molar refractivity (Wildman–Crippen MR) is 95.9 cm³/mol. The van der Waals surface area contributed by atoms with Gasteiger partial charge in [-0.3, -0.25) is 10.1 Å². The van der Waals surface area contributed by atoms with E-state index in [1.165, 1.54) is 23.3 Å². The van der Waals surface area contributed by atoms with Crippen LogP contribution in [0.25, 0.3) is 0 Å². The third-order valence-corrected chi connectivity index (χ3v) is 3.62. The molecule has 0 radical (unpaired) electrons. The normalized spacial score (nSPS) is 11.2. The zero-order valence-corrected chi connectivity index (χ0v) is 14.0. The SMILES string of the molecule is CCNC(=NCc1ccc([N+](=O)[O-])cc1)NCc1ccccc1C. The van der Waals surface area contributed by atoms with Crippen molar-refractivity contribution in [2.75, 3.05) is 6.54 Å². The van der Waals surface area contributed by atoms with Crippen LogP contribution >= 0.6 is 0 Å². The summed E-state index contributed by atoms with van der Waals surface area (Å²) < 4.78 is 0. The summed E-state index contributed by atoms with van der Waals surface area (Å²) in [5.74, 6) is 0.721. The number of nitrogens with zero attached hydrogens (tertiary/aromatic N) is 2. The maximum absolute atomic E-state index is 10.7. The standard InChI is InChI=1S/C18H22N4O2/c1-3-19-18(21-13-16-7-5-4-6-14(16)2)20-12-15-8-10-17(11-9-15)22(23)24/h4-11H,3,12-13H2,1-2H3,(H2,19,20,21). The van der Waals surface area contributed by atoms with Gasteiger partial charge in [-0.1, -0.05) is 36.4 Å². The fourth-order valence-corrected chi connectivity index (χ4v) is 2.22. The smallest absolute Gasteiger partial charge is 0.269 e. The summed E-state index contributed by atoms with van der Waals surface area (Å²) in [5, 5.41) is 17.2. The number of guanidine groups is 1. The van der Waals surface area contributed by atoms with Crippen LogP contribution in [0.3, 0.4) is 0 Å². The first-order valence-corrected chi connectivity index (χ1v) is 7.90. The molecule has 2 aromatic carbocycles. The molecule has 0 unspecified atom stereocenters. The van der Waals surface area contributed by atoms with E-state index in [4.69, 9.17) is 0 Å². The minimum atomic E-state index is -0.402. The van der Waals surface area contributed by atoms with Gasteiger partial charge >= 0.3 is 0 Å². The van der Waals surface area contributed by atoms with Crippen LogP contribution in [0, 0.1) is 17.0 Å². The predicted octanol–water partition coefficient (Wildman–Crippen LogP) is 3.16. The van der Waals surface area contributed by atoms with Crippen molar-refractivity contribution in [3.8, 4) is 0 Å². The fraction of sp³-hybridized carbons (Fsp3) is 0.278. The molecule has 0 spiro atoms. The molecule has 0 aliphatic carbocycles. The molecule has 0 saturated heterocycles. The molecule has 0 heterocycles. The van der Waals surface area contributed by atoms with Gasteiger partial charge in [0.25, 0.3) is 5.69 Å². The van der Waals surface area contributed by atoms with E-state index in [2.05, 4.69) is 34.7 Å². The second-order valence-electron chi connectivity index (χ2n) is 5.40. The summed E-state index contributed by atoms with van der Waals surface area (Å²) in [5.41, 5.74) is 3.47. The third kappa shape index (κ3) is 5.08. The van der Waals surface area contributed by atoms with Gasteiger partial charge < -0.3 is 10.6 Å². The number of hydrogen-bond acceptors (Lipinski definition) is 3. The first-order valence-electron chi connectivity index (χ1n) is 7.90. The number of non-ortho nitro benzene ring substituents is 1. The molecule has 0 atom stereocenters. The van der Waals surface area contributed by atoms with Gasteiger partial charge in [0.2, 0.25) is 0 Å². The van der Waals surface area contributed by atoms with Crippen molar-refractivity contribution < 1.29 is 4.92 Å². The topological polar surface area (TPSA) is 79.6 Å². The number of nitrogens with one attached hydrogen (secondary N) is 2. The highest BCUT2D eigenvalue weighted by molar-refractivity contribution is 5.79. The van der Waals surface area contributed by atoms with Crippen LogP contribution < -0.4 is 10.6 Å². The van der Waals surface area contributed by atoms with Gasteiger partial charge in [0.15, 0.2) is 5.96 Å². The summed E-state index contributed by atoms with van der Waals surface area (Å²) >= 11 is 0. The van der Waals surface area contributed by atoms with E-state index in [0.717, 1.165) is 18.1 Å². The molecule has 0 saturated carbocycles. The van der Waals surface area contributed by atoms with Gasteiger partial charge in [-0.15, -0.1) is 0 Å². The molecule has 2 rings (SSSR count). The van der Waals surface area contributed by atoms with E-state index < -0.39 is 4.92 Å². The van der Waals surface area contributed by atoms with E-state index in [1.807, 2.05) is 19.1 Å². The van der Waals surface area contributed by atoms with Crippen LogP contribution in [0.1, 0.15) is 23.6 Å². The number of rotatable bonds is 6. The second kappa shape index (κ2) is 8.67. The Kier molecular flexibility index (Phi) is 6.31. The minimum Gasteiger partial charge on any atom is -0.357 e. The lowest BCUT2D eigenvalue weighted by molar-refractivity contribution is -0.384. The van der Waals surface area contributed by atoms with Gasteiger partial charge in [0.1, 0.15) is 0 Å². The molecule has 2 N–H and O–H groups in total. The Morgan fingerprint density at radius 2 is 1.83 bits per heavy atom. The van der Waals surface area contributed by atoms with Crippen molar-refractivity contribution in [3.63, 3.8) is 0 Å². The first-order chi connectivity index (χ1) is 11.6. The molecule has 2 aromatic rings. The fourth-order valence-electron chi connectivity index (χ4n) is 2.22. The van der Waals surface area contributed by atoms with Crippen molar-refractivity contribution in [1.82, 2.24) is 10.6 Å². The van der Waals surface area contributed by atoms with Crippen molar-refractivity contribution in [3.05, 3.63) is 75.3 Å². The summed E-state index contributed by atoms with van der Waals surface area (Å²) in [6, 6.07) is 14.7. The molecular formula is C18H22N4O2. The lowest BCUT2D eigenvalue weighted by atomic mass is 10.1. The average Bonchev–Trinajstić information content (AvgIpc) is 2.59. The number of nitro groups is 1. The highest BCUT2D eigenvalue weighted by atomic mass is 16.6. The quantitative estimate of drug-likeness (QED) is 0.370. The van der Waals surface area contributed by atoms with Gasteiger partial charge in [0, 0.05) is 25.2 Å². The maximum atomic E-state index is 10.7. The number of nitro benzene ring substituents is 1. The number of hydrogen-bond donors (Lipinski definition) is 2. The largest absolute Gasteiger partial charge is 0.357 e. The van der Waals surface area contributed by atoms with E-state index in [1.54, 1.807) is 12.1 Å². The molecule has 0 bridgehead atoms. The Bertz CT molecular complexity index is 711. The van der Waals surface area contributed by atoms with Gasteiger partial charge in [-0.05, 0) is 30.5 Å². The molecular weight excluding hydrogens is 304 g/mol. The highest BCUT2D eigenvalue weighted by Crippen LogP contribution is 2.12. The summed E-state index contributed by atoms with van der Waals surface area (Å²) in [7, 11) is 0. The van der Waals surface area contributed by atoms with Crippen molar-refractivity contribution in [2.24, 2.45) is 4.99 Å². The zero-order chi connectivity index (χ0) is 17.4. The number of aliphatic imine (C=N–C) groups is 1. The van der Waals surface area contributed by atoms with Crippen LogP contribution in [0.2, 0.25) is 0 Å². The van der Waals surface area contributed by atoms with Gasteiger partial charge in [-0.25, -0.2) is 4.99 Å². The van der Waals surface area contributed by atoms with Crippen molar-refractivity contribution in [2.45, 2.75) is 26.9 Å². The summed E-state index contributed by atoms with van der Waals surface area (Å²) in [6.45, 7) is 6.01. The van der Waals surface area contributed by atoms with E-state index in [-0.39, 0.29) is 5.69 Å². The molecule has 24 heavy (non-hydrogen) atoms. The zero-order valence-electron chi connectivity index (χ0n) is 14.0. The molecule has 126 valence electrons. The molecule has 6 nitrogen and oxygen atoms in total. The Morgan fingerprint density at radius 3 is 2.46 bits per heavy atom. The molecule has 0 aliphatic heterocycles. The lowest BCUT2D eigenvalue weighted by Crippen LogP contribution is -2.36. The Balaban J connectivity index is 1.99. The minimum absolute atomic E-state index is 0.0901. The van der Waals surface area contributed by atoms with Gasteiger partial charge in [0.05, 0.1) is 11.5 Å². The molecule has 0 fully saturated rings. The van der Waals surface area contributed by atoms with E-state index in [0.29, 0.717) is 13.1 Å². The number of benzene rings is 2. The van der Waals surface area contributed by atoms with E-state index in [9.17, 15) is 10.1 Å². The molecule has 0 aromatic heterocycles. The molecule has 0 aliphatic rings. The Labute approximate surface area is 141 Å². The second-order valence-corrected chi connectivity index (χ2v) is 5.40. The van der Waals surface area contributed by atoms with Crippen LogP contribution in [0.4, 0.5) is 5.69 Å². The number of aryl methyl sites for hydroxylation is 1. The Hall–Kier alpha value is -2.89. The van der Waals surface area contributed by atoms with Crippen LogP contribution in [-0.2, 0) is 13.1 Å². The molecule has 6 heteroatoms. The molecule has 0 amide bonds. The maximum Gasteiger partial charge on any atom is 0.269 e. The van der Waals surface area contributed by atoms with Gasteiger partial charge in [-0.2, -0.15) is 0 Å². The summed E-state index contributed by atoms with van der Waals surface area (Å²) in [6.07, 6.45) is 0. The van der Waals surface area contributed by atoms with Crippen molar-refractivity contribution in [1.29, 1.82) is 0 Å². The average molecular weight is 326 g/mol. The lowest BCUT2D eigenvalue weighted by Gasteiger charge is -2.12. The van der Waals surface area contributed by atoms with Crippen LogP contribution in [0.15, 0.2) is 53.5 Å². The first kappa shape index (κ1) is 17.5. The highest BCUT2D eigenvalue weighted by Gasteiger charge is 2.04. The van der Waals surface area contributed by atoms with E-state index >= 15 is 0 Å². The Morgan fingerprint density at radius 1 is 1.12 bits per heavy atom. The third-order valence-electron chi connectivity index (χ3n) is 3.62.